The zero-order chi connectivity index (χ0) is 10.7. The quantitative estimate of drug-likeness (QED) is 0.813. The Kier molecular flexibility index (Phi) is 2.99. The number of aromatic carboxylic acids is 1. The predicted octanol–water partition coefficient (Wildman–Crippen LogP) is 1.30. The van der Waals surface area contributed by atoms with E-state index in [0.29, 0.717) is 25.2 Å². The van der Waals surface area contributed by atoms with Crippen molar-refractivity contribution >= 4 is 5.97 Å². The Bertz CT molecular complexity index is 355. The van der Waals surface area contributed by atoms with Crippen LogP contribution in [0, 0.1) is 0 Å². The minimum atomic E-state index is -0.913. The number of benzene rings is 1. The summed E-state index contributed by atoms with van der Waals surface area (Å²) in [5.74, 6) is -0.913. The lowest BCUT2D eigenvalue weighted by atomic mass is 10.0. The molecular formula is C11H12O4. The van der Waals surface area contributed by atoms with Gasteiger partial charge in [0.05, 0.1) is 18.8 Å². The first-order chi connectivity index (χ1) is 7.27. The molecule has 0 aromatic heterocycles. The fourth-order valence-electron chi connectivity index (χ4n) is 1.61. The normalized spacial score (nSPS) is 16.8. The lowest BCUT2D eigenvalue weighted by Crippen LogP contribution is -2.14. The van der Waals surface area contributed by atoms with Crippen LogP contribution in [0.2, 0.25) is 0 Å². The first-order valence-corrected chi connectivity index (χ1v) is 4.82. The van der Waals surface area contributed by atoms with E-state index in [0.717, 1.165) is 5.56 Å². The molecule has 0 unspecified atom stereocenters. The molecule has 1 aliphatic heterocycles. The molecule has 1 aromatic carbocycles. The molecule has 2 rings (SSSR count). The van der Waals surface area contributed by atoms with Gasteiger partial charge in [0.2, 0.25) is 0 Å². The third-order valence-corrected chi connectivity index (χ3v) is 2.33. The second kappa shape index (κ2) is 4.42. The molecule has 0 atom stereocenters. The van der Waals surface area contributed by atoms with Crippen LogP contribution in [0.3, 0.4) is 0 Å². The monoisotopic (exact) mass is 208 g/mol. The Labute approximate surface area is 87.4 Å². The van der Waals surface area contributed by atoms with Gasteiger partial charge >= 0.3 is 5.97 Å². The highest BCUT2D eigenvalue weighted by Gasteiger charge is 2.19. The summed E-state index contributed by atoms with van der Waals surface area (Å²) in [6.45, 7) is 1.17. The number of ether oxygens (including phenoxy) is 2. The predicted molar refractivity (Wildman–Crippen MR) is 52.8 cm³/mol. The van der Waals surface area contributed by atoms with Crippen LogP contribution >= 0.6 is 0 Å². The van der Waals surface area contributed by atoms with E-state index in [1.165, 1.54) is 0 Å². The molecule has 0 bridgehead atoms. The molecule has 1 fully saturated rings. The number of hydrogen-bond acceptors (Lipinski definition) is 3. The molecular weight excluding hydrogens is 196 g/mol. The van der Waals surface area contributed by atoms with E-state index >= 15 is 0 Å². The Hall–Kier alpha value is -1.39. The summed E-state index contributed by atoms with van der Waals surface area (Å²) in [6.07, 6.45) is 0.188. The number of carbonyl (C=O) groups is 1. The molecule has 4 nitrogen and oxygen atoms in total. The maximum atomic E-state index is 10.9. The van der Waals surface area contributed by atoms with Gasteiger partial charge in [0.1, 0.15) is 0 Å². The molecule has 0 saturated carbocycles. The molecule has 0 aliphatic carbocycles. The van der Waals surface area contributed by atoms with E-state index in [-0.39, 0.29) is 6.29 Å². The highest BCUT2D eigenvalue weighted by atomic mass is 16.7. The van der Waals surface area contributed by atoms with Gasteiger partial charge in [0.15, 0.2) is 6.29 Å². The van der Waals surface area contributed by atoms with Crippen LogP contribution in [-0.2, 0) is 15.9 Å². The lowest BCUT2D eigenvalue weighted by molar-refractivity contribution is -0.0400. The maximum Gasteiger partial charge on any atom is 0.335 e. The summed E-state index contributed by atoms with van der Waals surface area (Å²) in [5, 5.41) is 8.96. The molecule has 1 aromatic rings. The highest BCUT2D eigenvalue weighted by molar-refractivity contribution is 5.89. The first-order valence-electron chi connectivity index (χ1n) is 4.82. The van der Waals surface area contributed by atoms with E-state index in [1.807, 2.05) is 6.07 Å². The lowest BCUT2D eigenvalue weighted by Gasteiger charge is -2.10. The third-order valence-electron chi connectivity index (χ3n) is 2.33. The molecule has 1 saturated heterocycles. The van der Waals surface area contributed by atoms with Gasteiger partial charge in [-0.3, -0.25) is 0 Å². The Morgan fingerprint density at radius 3 is 2.67 bits per heavy atom. The largest absolute Gasteiger partial charge is 0.478 e. The molecule has 1 heterocycles. The number of rotatable bonds is 3. The molecule has 0 radical (unpaired) electrons. The van der Waals surface area contributed by atoms with Crippen molar-refractivity contribution in [2.75, 3.05) is 13.2 Å². The molecule has 0 amide bonds. The summed E-state index contributed by atoms with van der Waals surface area (Å²) in [7, 11) is 0. The van der Waals surface area contributed by atoms with Crippen molar-refractivity contribution in [1.29, 1.82) is 0 Å². The zero-order valence-electron chi connectivity index (χ0n) is 8.18. The van der Waals surface area contributed by atoms with Gasteiger partial charge in [-0.05, 0) is 11.6 Å². The zero-order valence-corrected chi connectivity index (χ0v) is 8.18. The second-order valence-electron chi connectivity index (χ2n) is 3.34. The minimum Gasteiger partial charge on any atom is -0.478 e. The van der Waals surface area contributed by atoms with Crippen LogP contribution in [0.1, 0.15) is 15.9 Å². The van der Waals surface area contributed by atoms with Gasteiger partial charge in [-0.1, -0.05) is 18.2 Å². The van der Waals surface area contributed by atoms with Crippen molar-refractivity contribution in [3.05, 3.63) is 35.4 Å². The SMILES string of the molecule is O=C(O)c1ccccc1CC1OCCO1. The molecule has 15 heavy (non-hydrogen) atoms. The van der Waals surface area contributed by atoms with Crippen LogP contribution in [-0.4, -0.2) is 30.6 Å². The van der Waals surface area contributed by atoms with Crippen LogP contribution in [0.4, 0.5) is 0 Å². The summed E-state index contributed by atoms with van der Waals surface area (Å²) in [6, 6.07) is 6.90. The summed E-state index contributed by atoms with van der Waals surface area (Å²) >= 11 is 0. The van der Waals surface area contributed by atoms with E-state index in [4.69, 9.17) is 14.6 Å². The van der Waals surface area contributed by atoms with Crippen LogP contribution in [0.15, 0.2) is 24.3 Å². The highest BCUT2D eigenvalue weighted by Crippen LogP contribution is 2.15. The van der Waals surface area contributed by atoms with Crippen molar-refractivity contribution in [3.63, 3.8) is 0 Å². The van der Waals surface area contributed by atoms with Gasteiger partial charge < -0.3 is 14.6 Å². The standard InChI is InChI=1S/C11H12O4/c12-11(13)9-4-2-1-3-8(9)7-10-14-5-6-15-10/h1-4,10H,5-7H2,(H,12,13). The van der Waals surface area contributed by atoms with Gasteiger partial charge in [0.25, 0.3) is 0 Å². The van der Waals surface area contributed by atoms with Crippen LogP contribution < -0.4 is 0 Å². The minimum absolute atomic E-state index is 0.300. The summed E-state index contributed by atoms with van der Waals surface area (Å²) in [4.78, 5) is 10.9. The molecule has 0 spiro atoms. The van der Waals surface area contributed by atoms with Crippen molar-refractivity contribution < 1.29 is 19.4 Å². The number of hydrogen-bond donors (Lipinski definition) is 1. The molecule has 1 aliphatic rings. The Morgan fingerprint density at radius 2 is 2.00 bits per heavy atom. The van der Waals surface area contributed by atoms with Crippen molar-refractivity contribution in [3.8, 4) is 0 Å². The Balaban J connectivity index is 2.15. The fourth-order valence-corrected chi connectivity index (χ4v) is 1.61. The Morgan fingerprint density at radius 1 is 1.33 bits per heavy atom. The van der Waals surface area contributed by atoms with E-state index < -0.39 is 5.97 Å². The van der Waals surface area contributed by atoms with Gasteiger partial charge in [-0.25, -0.2) is 4.79 Å². The van der Waals surface area contributed by atoms with E-state index in [9.17, 15) is 4.79 Å². The van der Waals surface area contributed by atoms with Gasteiger partial charge in [0, 0.05) is 6.42 Å². The van der Waals surface area contributed by atoms with Crippen LogP contribution in [0.5, 0.6) is 0 Å². The van der Waals surface area contributed by atoms with E-state index in [1.54, 1.807) is 18.2 Å². The first kappa shape index (κ1) is 10.1. The third kappa shape index (κ3) is 2.34. The van der Waals surface area contributed by atoms with Crippen molar-refractivity contribution in [2.45, 2.75) is 12.7 Å². The summed E-state index contributed by atoms with van der Waals surface area (Å²) < 4.78 is 10.6. The maximum absolute atomic E-state index is 10.9. The van der Waals surface area contributed by atoms with E-state index in [2.05, 4.69) is 0 Å². The average Bonchev–Trinajstić information content (AvgIpc) is 2.71. The topological polar surface area (TPSA) is 55.8 Å². The number of carboxylic acids is 1. The smallest absolute Gasteiger partial charge is 0.335 e. The number of carboxylic acid groups (broad SMARTS) is 1. The average molecular weight is 208 g/mol. The molecule has 1 N–H and O–H groups in total. The molecule has 80 valence electrons. The second-order valence-corrected chi connectivity index (χ2v) is 3.34. The fraction of sp³-hybridized carbons (Fsp3) is 0.364. The van der Waals surface area contributed by atoms with Crippen molar-refractivity contribution in [1.82, 2.24) is 0 Å². The van der Waals surface area contributed by atoms with Gasteiger partial charge in [-0.15, -0.1) is 0 Å². The van der Waals surface area contributed by atoms with Gasteiger partial charge in [-0.2, -0.15) is 0 Å². The van der Waals surface area contributed by atoms with Crippen molar-refractivity contribution in [2.24, 2.45) is 0 Å². The molecule has 4 heteroatoms. The van der Waals surface area contributed by atoms with Crippen LogP contribution in [0.25, 0.3) is 0 Å². The summed E-state index contributed by atoms with van der Waals surface area (Å²) in [5.41, 5.74) is 1.06.